The molecule has 0 bridgehead atoms. The van der Waals surface area contributed by atoms with Crippen molar-refractivity contribution < 1.29 is 48.8 Å². The van der Waals surface area contributed by atoms with Crippen LogP contribution in [0.25, 0.3) is 96.9 Å². The van der Waals surface area contributed by atoms with Gasteiger partial charge in [-0.3, -0.25) is 37.4 Å². The molecule has 0 spiro atoms. The summed E-state index contributed by atoms with van der Waals surface area (Å²) < 4.78 is 43.7. The van der Waals surface area contributed by atoms with Gasteiger partial charge in [0.25, 0.3) is 28.1 Å². The van der Waals surface area contributed by atoms with Crippen molar-refractivity contribution in [1.29, 1.82) is 0 Å². The van der Waals surface area contributed by atoms with Gasteiger partial charge in [-0.1, -0.05) is 157 Å². The number of ether oxygens (including phenoxy) is 6. The van der Waals surface area contributed by atoms with Crippen molar-refractivity contribution in [2.75, 3.05) is 59.6 Å². The first-order chi connectivity index (χ1) is 62.4. The van der Waals surface area contributed by atoms with Crippen molar-refractivity contribution in [2.24, 2.45) is 0 Å². The number of fused-ring (bicyclic) bond motifs is 14. The van der Waals surface area contributed by atoms with Crippen LogP contribution in [0.2, 0.25) is 10.3 Å². The summed E-state index contributed by atoms with van der Waals surface area (Å²) in [6, 6.07) is 54.1. The number of hydrogen-bond donors (Lipinski definition) is 4. The first kappa shape index (κ1) is 85.5. The van der Waals surface area contributed by atoms with E-state index >= 15 is 0 Å². The summed E-state index contributed by atoms with van der Waals surface area (Å²) in [4.78, 5) is 85.5. The van der Waals surface area contributed by atoms with Crippen LogP contribution in [0.3, 0.4) is 0 Å². The molecule has 0 amide bonds. The van der Waals surface area contributed by atoms with Gasteiger partial charge in [-0.05, 0) is 165 Å². The first-order valence-corrected chi connectivity index (χ1v) is 44.9. The molecule has 31 heteroatoms. The number of nitrogens with zero attached hydrogens (tertiary/aromatic N) is 13. The molecule has 128 heavy (non-hydrogen) atoms. The fourth-order valence-electron chi connectivity index (χ4n) is 18.1. The minimum Gasteiger partial charge on any atom is -0.451 e. The van der Waals surface area contributed by atoms with Crippen LogP contribution >= 0.6 is 46.5 Å². The molecule has 4 N–H and O–H groups in total. The highest BCUT2D eigenvalue weighted by Gasteiger charge is 2.33. The predicted molar refractivity (Wildman–Crippen MR) is 494 cm³/mol. The van der Waals surface area contributed by atoms with Crippen molar-refractivity contribution in [3.63, 3.8) is 0 Å². The van der Waals surface area contributed by atoms with Crippen molar-refractivity contribution >= 4 is 143 Å². The van der Waals surface area contributed by atoms with Crippen molar-refractivity contribution in [2.45, 2.75) is 124 Å². The highest BCUT2D eigenvalue weighted by Crippen LogP contribution is 2.39. The molecule has 4 saturated heterocycles. The van der Waals surface area contributed by atoms with Gasteiger partial charge in [0, 0.05) is 84.0 Å². The number of hydrogen-bond acceptors (Lipinski definition) is 25. The lowest BCUT2D eigenvalue weighted by Crippen LogP contribution is -2.39. The van der Waals surface area contributed by atoms with E-state index in [-0.39, 0.29) is 79.6 Å². The minimum absolute atomic E-state index is 0.125. The van der Waals surface area contributed by atoms with Gasteiger partial charge in [0.15, 0.2) is 5.75 Å². The van der Waals surface area contributed by atoms with Crippen LogP contribution in [0, 0.1) is 0 Å². The Balaban J connectivity index is 0.000000111. The largest absolute Gasteiger partial charge is 0.451 e. The molecular weight excluding hydrogens is 1710 g/mol. The number of pyridine rings is 3. The highest BCUT2D eigenvalue weighted by atomic mass is 35.5. The average Bonchev–Trinajstić information content (AvgIpc) is 0.870. The third-order valence-electron chi connectivity index (χ3n) is 24.4. The zero-order chi connectivity index (χ0) is 87.8. The predicted octanol–water partition coefficient (Wildman–Crippen LogP) is 14.6. The van der Waals surface area contributed by atoms with Crippen molar-refractivity contribution in [3.8, 4) is 11.6 Å². The molecule has 8 atom stereocenters. The monoisotopic (exact) mass is 1790 g/mol. The number of aliphatic hydroxyl groups is 4. The molecule has 17 aromatic rings. The molecule has 22 rings (SSSR count). The zero-order valence-corrected chi connectivity index (χ0v) is 72.7. The molecule has 13 heterocycles. The van der Waals surface area contributed by atoms with Gasteiger partial charge in [-0.15, -0.1) is 16.9 Å². The van der Waals surface area contributed by atoms with E-state index in [2.05, 4.69) is 94.7 Å². The standard InChI is InChI=1S/C26H27N3O3S.C24H20N4O3S.C24H21N3O5.C23H19Cl2N3O3/c1-16(2)33-24-8-7-17(13-27-24)11-18-12-21-25(20-6-4-3-5-19(18)20)28-15-29(26(21)31)22-9-10-32-14-23(22)30;29-21-12-31-8-7-20(21)28-13-25-23-17-4-2-1-3-16(17)15(11-18(23)24(28)30)9-14-5-6-22-19(10-14)26-27-32-22;28-20-11-30-8-6-19(20)27-12-26-21-17-4-2-1-3-16(17)15(10-18(21)24(27)29)9-14-5-7-25-23-22(14)31-13-32-23;24-20-6-5-13(22(25)27-20)9-14-10-17-21(16-4-2-1-3-15(14)16)26-12-28(23(17)30)18-7-8-31-11-19(18)29/h3-8,12-13,15-16,22-23,30H,9-11,14H2,1-2H3;1-6,10-11,13,20-21,29H,7-9,12H2;1-5,7,10,12,19-20,28H,6,8-9,11,13H2;1-6,10,12,18-19,29H,7-9,11H2/t22-,23-;20-,21-;19-,20-;18-,19-/m0000/s1. The fraction of sp³-hybridized carbons (Fsp3) is 0.289. The second-order valence-electron chi connectivity index (χ2n) is 32.8. The van der Waals surface area contributed by atoms with E-state index in [4.69, 9.17) is 51.6 Å². The number of aliphatic hydroxyl groups excluding tert-OH is 4. The van der Waals surface area contributed by atoms with E-state index in [1.807, 2.05) is 134 Å². The lowest BCUT2D eigenvalue weighted by molar-refractivity contribution is -0.0395. The van der Waals surface area contributed by atoms with E-state index in [9.17, 15) is 39.6 Å². The fourth-order valence-corrected chi connectivity index (χ4v) is 19.8. The lowest BCUT2D eigenvalue weighted by atomic mass is 9.95. The molecule has 0 aliphatic carbocycles. The van der Waals surface area contributed by atoms with E-state index in [0.717, 1.165) is 103 Å². The summed E-state index contributed by atoms with van der Waals surface area (Å²) >= 11 is 15.4. The van der Waals surface area contributed by atoms with Crippen LogP contribution in [0.1, 0.15) is 108 Å². The maximum absolute atomic E-state index is 13.5. The summed E-state index contributed by atoms with van der Waals surface area (Å²) in [6.45, 7) is 7.39. The Labute approximate surface area is 749 Å². The van der Waals surface area contributed by atoms with Crippen LogP contribution in [-0.2, 0) is 44.6 Å². The quantitative estimate of drug-likeness (QED) is 0.0446. The second kappa shape index (κ2) is 37.4. The Kier molecular flexibility index (Phi) is 25.0. The van der Waals surface area contributed by atoms with E-state index in [1.165, 1.54) is 22.4 Å². The molecule has 4 fully saturated rings. The molecule has 9 aromatic carbocycles. The Morgan fingerprint density at radius 3 is 1.22 bits per heavy atom. The zero-order valence-electron chi connectivity index (χ0n) is 69.6. The molecule has 650 valence electrons. The average molecular weight is 1790 g/mol. The van der Waals surface area contributed by atoms with E-state index in [0.29, 0.717) is 149 Å². The first-order valence-electron chi connectivity index (χ1n) is 42.5. The summed E-state index contributed by atoms with van der Waals surface area (Å²) in [5.41, 5.74) is 11.0. The topological polar surface area (TPSA) is 340 Å². The van der Waals surface area contributed by atoms with Gasteiger partial charge in [0.2, 0.25) is 6.79 Å². The maximum atomic E-state index is 13.5. The van der Waals surface area contributed by atoms with Crippen molar-refractivity contribution in [3.05, 3.63) is 304 Å². The van der Waals surface area contributed by atoms with Crippen LogP contribution in [-0.4, -0.2) is 172 Å². The van der Waals surface area contributed by atoms with Crippen LogP contribution in [0.5, 0.6) is 11.6 Å². The van der Waals surface area contributed by atoms with Gasteiger partial charge in [0.1, 0.15) is 15.8 Å². The Hall–Kier alpha value is -11.9. The number of aromatic nitrogens is 13. The molecule has 5 aliphatic heterocycles. The molecule has 0 radical (unpaired) electrons. The number of thioether (sulfide) groups is 1. The summed E-state index contributed by atoms with van der Waals surface area (Å²) in [7, 11) is 0. The third kappa shape index (κ3) is 17.3. The molecule has 0 saturated carbocycles. The van der Waals surface area contributed by atoms with Gasteiger partial charge < -0.3 is 48.8 Å². The second-order valence-corrected chi connectivity index (χ2v) is 35.9. The third-order valence-corrected chi connectivity index (χ3v) is 26.6. The maximum Gasteiger partial charge on any atom is 0.261 e. The lowest BCUT2D eigenvalue weighted by Gasteiger charge is -2.29. The Morgan fingerprint density at radius 2 is 0.820 bits per heavy atom. The normalized spacial score (nSPS) is 19.4. The van der Waals surface area contributed by atoms with E-state index in [1.54, 1.807) is 56.7 Å². The van der Waals surface area contributed by atoms with Crippen LogP contribution in [0.15, 0.2) is 232 Å². The number of halogens is 2. The molecular formula is C97H87Cl2N13O14S2. The summed E-state index contributed by atoms with van der Waals surface area (Å²) in [5, 5.41) is 58.0. The van der Waals surface area contributed by atoms with E-state index < -0.39 is 24.4 Å². The van der Waals surface area contributed by atoms with Gasteiger partial charge in [-0.25, -0.2) is 34.9 Å². The van der Waals surface area contributed by atoms with Gasteiger partial charge >= 0.3 is 0 Å². The molecule has 8 aromatic heterocycles. The van der Waals surface area contributed by atoms with Crippen LogP contribution in [0.4, 0.5) is 0 Å². The van der Waals surface area contributed by atoms with Gasteiger partial charge in [-0.2, -0.15) is 0 Å². The SMILES string of the molecule is CC(C)Sc1ccc(Cc2cc3c(=O)n([C@H]4CCOC[C@@H]4O)cnc3c3ccccc23)cn1.O=c1c2cc(Cc3ccc(Cl)nc3Cl)c3ccccc3c2ncn1[C@H]1CCOC[C@@H]1O.O=c1c2cc(Cc3ccc4snnc4c3)c3ccccc3c2ncn1[C@H]1CCOC[C@@H]1O.O=c1c2cc(Cc3ccnc4c3OCO4)c3ccccc3c2ncn1[C@H]1CCOC[C@@H]1O. The van der Waals surface area contributed by atoms with Crippen molar-refractivity contribution in [1.82, 2.24) is 62.7 Å². The minimum atomic E-state index is -0.746. The molecule has 27 nitrogen and oxygen atoms in total. The highest BCUT2D eigenvalue weighted by molar-refractivity contribution is 7.99. The number of benzene rings is 9. The summed E-state index contributed by atoms with van der Waals surface area (Å²) in [5.74, 6) is 1.13. The Morgan fingerprint density at radius 1 is 0.422 bits per heavy atom. The summed E-state index contributed by atoms with van der Waals surface area (Å²) in [6.07, 6.45) is 11.6. The number of rotatable bonds is 14. The van der Waals surface area contributed by atoms with Crippen LogP contribution < -0.4 is 31.7 Å². The van der Waals surface area contributed by atoms with Gasteiger partial charge in [0.05, 0.1) is 154 Å². The Bertz CT molecular complexity index is 7370. The molecule has 0 unspecified atom stereocenters. The molecule has 5 aliphatic rings. The smallest absolute Gasteiger partial charge is 0.261 e.